The lowest BCUT2D eigenvalue weighted by molar-refractivity contribution is 0.0908. The highest BCUT2D eigenvalue weighted by molar-refractivity contribution is 5.94. The van der Waals surface area contributed by atoms with Crippen molar-refractivity contribution in [1.82, 2.24) is 15.1 Å². The van der Waals surface area contributed by atoms with Crippen molar-refractivity contribution in [2.75, 3.05) is 6.61 Å². The lowest BCUT2D eigenvalue weighted by Gasteiger charge is -2.18. The minimum atomic E-state index is -0.202. The smallest absolute Gasteiger partial charge is 0.251 e. The molecule has 1 amide bonds. The summed E-state index contributed by atoms with van der Waals surface area (Å²) in [4.78, 5) is 12.3. The van der Waals surface area contributed by atoms with Crippen molar-refractivity contribution in [3.05, 3.63) is 52.8 Å². The number of amides is 1. The van der Waals surface area contributed by atoms with Crippen molar-refractivity contribution in [1.29, 1.82) is 0 Å². The van der Waals surface area contributed by atoms with Crippen LogP contribution in [0.2, 0.25) is 0 Å². The van der Waals surface area contributed by atoms with Crippen molar-refractivity contribution in [2.45, 2.75) is 46.7 Å². The number of carbonyl (C=O) groups is 1. The summed E-state index contributed by atoms with van der Waals surface area (Å²) in [7, 11) is 0. The molecule has 24 heavy (non-hydrogen) atoms. The van der Waals surface area contributed by atoms with Crippen LogP contribution in [-0.4, -0.2) is 33.4 Å². The van der Waals surface area contributed by atoms with E-state index in [0.29, 0.717) is 18.0 Å². The summed E-state index contributed by atoms with van der Waals surface area (Å²) in [5, 5.41) is 16.7. The molecule has 5 heteroatoms. The highest BCUT2D eigenvalue weighted by Gasteiger charge is 2.14. The van der Waals surface area contributed by atoms with Crippen LogP contribution in [0.4, 0.5) is 0 Å². The topological polar surface area (TPSA) is 67.2 Å². The van der Waals surface area contributed by atoms with Gasteiger partial charge >= 0.3 is 0 Å². The number of aliphatic hydroxyl groups is 1. The molecule has 1 heterocycles. The molecule has 5 nitrogen and oxygen atoms in total. The summed E-state index contributed by atoms with van der Waals surface area (Å²) in [6.07, 6.45) is 0.762. The van der Waals surface area contributed by atoms with Crippen LogP contribution in [0.5, 0.6) is 0 Å². The van der Waals surface area contributed by atoms with E-state index in [0.717, 1.165) is 23.4 Å². The number of nitrogens with one attached hydrogen (secondary N) is 1. The first-order chi connectivity index (χ1) is 11.4. The summed E-state index contributed by atoms with van der Waals surface area (Å²) in [6, 6.07) is 9.38. The van der Waals surface area contributed by atoms with E-state index in [1.165, 1.54) is 0 Å². The van der Waals surface area contributed by atoms with Crippen LogP contribution in [0.15, 0.2) is 30.3 Å². The molecule has 1 atom stereocenters. The Kier molecular flexibility index (Phi) is 6.15. The fourth-order valence-corrected chi connectivity index (χ4v) is 2.79. The molecule has 2 rings (SSSR count). The lowest BCUT2D eigenvalue weighted by Crippen LogP contribution is -2.38. The van der Waals surface area contributed by atoms with Crippen molar-refractivity contribution in [3.8, 4) is 0 Å². The summed E-state index contributed by atoms with van der Waals surface area (Å²) in [5.74, 6) is 0.276. The molecule has 0 radical (unpaired) electrons. The van der Waals surface area contributed by atoms with Crippen LogP contribution in [0.25, 0.3) is 0 Å². The third-order valence-electron chi connectivity index (χ3n) is 3.96. The summed E-state index contributed by atoms with van der Waals surface area (Å²) < 4.78 is 1.95. The monoisotopic (exact) mass is 329 g/mol. The quantitative estimate of drug-likeness (QED) is 0.821. The zero-order valence-corrected chi connectivity index (χ0v) is 14.9. The van der Waals surface area contributed by atoms with Gasteiger partial charge in [0.05, 0.1) is 24.9 Å². The van der Waals surface area contributed by atoms with Gasteiger partial charge in [0, 0.05) is 11.3 Å². The summed E-state index contributed by atoms with van der Waals surface area (Å²) in [6.45, 7) is 8.80. The number of aromatic nitrogens is 2. The molecule has 0 saturated heterocycles. The molecule has 1 unspecified atom stereocenters. The number of aliphatic hydroxyl groups excluding tert-OH is 1. The van der Waals surface area contributed by atoms with Crippen LogP contribution < -0.4 is 5.32 Å². The van der Waals surface area contributed by atoms with E-state index < -0.39 is 0 Å². The molecule has 1 aromatic heterocycles. The van der Waals surface area contributed by atoms with Gasteiger partial charge in [0.1, 0.15) is 0 Å². The van der Waals surface area contributed by atoms with Crippen LogP contribution in [0, 0.1) is 19.8 Å². The third-order valence-corrected chi connectivity index (χ3v) is 3.96. The number of aryl methyl sites for hydroxylation is 2. The van der Waals surface area contributed by atoms with Gasteiger partial charge in [-0.3, -0.25) is 9.48 Å². The zero-order chi connectivity index (χ0) is 17.7. The fraction of sp³-hybridized carbons (Fsp3) is 0.474. The van der Waals surface area contributed by atoms with Gasteiger partial charge in [-0.25, -0.2) is 0 Å². The Bertz CT molecular complexity index is 674. The highest BCUT2D eigenvalue weighted by atomic mass is 16.3. The van der Waals surface area contributed by atoms with E-state index >= 15 is 0 Å². The normalized spacial score (nSPS) is 12.4. The van der Waals surface area contributed by atoms with E-state index in [2.05, 4.69) is 24.3 Å². The van der Waals surface area contributed by atoms with E-state index in [9.17, 15) is 9.90 Å². The molecular weight excluding hydrogens is 302 g/mol. The fourth-order valence-electron chi connectivity index (χ4n) is 2.79. The van der Waals surface area contributed by atoms with E-state index in [4.69, 9.17) is 0 Å². The van der Waals surface area contributed by atoms with Gasteiger partial charge in [0.25, 0.3) is 5.91 Å². The summed E-state index contributed by atoms with van der Waals surface area (Å²) in [5.41, 5.74) is 3.82. The van der Waals surface area contributed by atoms with Gasteiger partial charge in [0.15, 0.2) is 0 Å². The predicted molar refractivity (Wildman–Crippen MR) is 95.0 cm³/mol. The van der Waals surface area contributed by atoms with Gasteiger partial charge in [0.2, 0.25) is 0 Å². The van der Waals surface area contributed by atoms with Crippen molar-refractivity contribution in [3.63, 3.8) is 0 Å². The Morgan fingerprint density at radius 3 is 2.42 bits per heavy atom. The SMILES string of the molecule is Cc1cc(C)n(Cc2ccc(C(=O)NC(CO)CC(C)C)cc2)n1. The summed E-state index contributed by atoms with van der Waals surface area (Å²) >= 11 is 0. The number of rotatable bonds is 7. The largest absolute Gasteiger partial charge is 0.394 e. The molecule has 0 aliphatic carbocycles. The van der Waals surface area contributed by atoms with Gasteiger partial charge in [-0.2, -0.15) is 5.10 Å². The molecule has 0 spiro atoms. The lowest BCUT2D eigenvalue weighted by atomic mass is 10.0. The first-order valence-corrected chi connectivity index (χ1v) is 8.40. The predicted octanol–water partition coefficient (Wildman–Crippen LogP) is 2.69. The first-order valence-electron chi connectivity index (χ1n) is 8.40. The molecule has 130 valence electrons. The molecule has 0 fully saturated rings. The second-order valence-corrected chi connectivity index (χ2v) is 6.76. The minimum Gasteiger partial charge on any atom is -0.394 e. The molecule has 0 bridgehead atoms. The number of hydrogen-bond donors (Lipinski definition) is 2. The van der Waals surface area contributed by atoms with Crippen LogP contribution >= 0.6 is 0 Å². The van der Waals surface area contributed by atoms with Gasteiger partial charge in [-0.1, -0.05) is 26.0 Å². The second-order valence-electron chi connectivity index (χ2n) is 6.76. The number of hydrogen-bond acceptors (Lipinski definition) is 3. The van der Waals surface area contributed by atoms with Gasteiger partial charge in [-0.05, 0) is 49.9 Å². The van der Waals surface area contributed by atoms with Crippen LogP contribution in [-0.2, 0) is 6.54 Å². The zero-order valence-electron chi connectivity index (χ0n) is 14.9. The van der Waals surface area contributed by atoms with Crippen molar-refractivity contribution in [2.24, 2.45) is 5.92 Å². The van der Waals surface area contributed by atoms with E-state index in [1.807, 2.05) is 48.9 Å². The Morgan fingerprint density at radius 1 is 1.25 bits per heavy atom. The molecule has 0 aliphatic rings. The molecule has 0 aliphatic heterocycles. The van der Waals surface area contributed by atoms with Gasteiger partial charge in [-0.15, -0.1) is 0 Å². The molecule has 0 saturated carbocycles. The van der Waals surface area contributed by atoms with Crippen LogP contribution in [0.1, 0.15) is 47.6 Å². The van der Waals surface area contributed by atoms with E-state index in [1.54, 1.807) is 0 Å². The maximum absolute atomic E-state index is 12.3. The van der Waals surface area contributed by atoms with E-state index in [-0.39, 0.29) is 18.6 Å². The maximum atomic E-state index is 12.3. The average Bonchev–Trinajstić information content (AvgIpc) is 2.84. The number of benzene rings is 1. The first kappa shape index (κ1) is 18.2. The molecular formula is C19H27N3O2. The second kappa shape index (κ2) is 8.11. The third kappa shape index (κ3) is 4.93. The molecule has 1 aromatic carbocycles. The molecule has 2 N–H and O–H groups in total. The molecule has 2 aromatic rings. The Morgan fingerprint density at radius 2 is 1.92 bits per heavy atom. The Hall–Kier alpha value is -2.14. The highest BCUT2D eigenvalue weighted by Crippen LogP contribution is 2.10. The van der Waals surface area contributed by atoms with Crippen molar-refractivity contribution < 1.29 is 9.90 Å². The average molecular weight is 329 g/mol. The van der Waals surface area contributed by atoms with Crippen molar-refractivity contribution >= 4 is 5.91 Å². The maximum Gasteiger partial charge on any atom is 0.251 e. The minimum absolute atomic E-state index is 0.0417. The number of nitrogens with zero attached hydrogens (tertiary/aromatic N) is 2. The van der Waals surface area contributed by atoms with Crippen LogP contribution in [0.3, 0.4) is 0 Å². The Balaban J connectivity index is 2.00. The standard InChI is InChI=1S/C19H27N3O2/c1-13(2)9-18(12-23)20-19(24)17-7-5-16(6-8-17)11-22-15(4)10-14(3)21-22/h5-8,10,13,18,23H,9,11-12H2,1-4H3,(H,20,24). The van der Waals surface area contributed by atoms with Gasteiger partial charge < -0.3 is 10.4 Å². The number of carbonyl (C=O) groups excluding carboxylic acids is 1. The Labute approximate surface area is 143 Å².